The summed E-state index contributed by atoms with van der Waals surface area (Å²) in [4.78, 5) is 11.9. The van der Waals surface area contributed by atoms with E-state index in [9.17, 15) is 9.90 Å². The number of ether oxygens (including phenoxy) is 1. The summed E-state index contributed by atoms with van der Waals surface area (Å²) in [6.45, 7) is 4.83. The zero-order chi connectivity index (χ0) is 15.7. The number of urea groups is 1. The fourth-order valence-corrected chi connectivity index (χ4v) is 2.12. The molecule has 0 saturated carbocycles. The van der Waals surface area contributed by atoms with Crippen molar-refractivity contribution in [3.05, 3.63) is 35.9 Å². The first-order valence-electron chi connectivity index (χ1n) is 7.31. The van der Waals surface area contributed by atoms with Crippen molar-refractivity contribution in [1.29, 1.82) is 0 Å². The van der Waals surface area contributed by atoms with Gasteiger partial charge in [0.25, 0.3) is 0 Å². The van der Waals surface area contributed by atoms with Crippen molar-refractivity contribution in [2.75, 3.05) is 20.3 Å². The third-order valence-corrected chi connectivity index (χ3v) is 3.23. The van der Waals surface area contributed by atoms with Gasteiger partial charge in [0.15, 0.2) is 0 Å². The monoisotopic (exact) mass is 294 g/mol. The largest absolute Gasteiger partial charge is 0.391 e. The van der Waals surface area contributed by atoms with Gasteiger partial charge in [-0.1, -0.05) is 44.2 Å². The summed E-state index contributed by atoms with van der Waals surface area (Å²) >= 11 is 0. The van der Waals surface area contributed by atoms with Crippen LogP contribution in [0.5, 0.6) is 0 Å². The van der Waals surface area contributed by atoms with Gasteiger partial charge in [-0.2, -0.15) is 0 Å². The van der Waals surface area contributed by atoms with Gasteiger partial charge in [0.2, 0.25) is 0 Å². The van der Waals surface area contributed by atoms with Crippen molar-refractivity contribution < 1.29 is 14.6 Å². The summed E-state index contributed by atoms with van der Waals surface area (Å²) in [5, 5.41) is 15.3. The maximum Gasteiger partial charge on any atom is 0.315 e. The Bertz CT molecular complexity index is 409. The van der Waals surface area contributed by atoms with E-state index in [0.29, 0.717) is 13.0 Å². The van der Waals surface area contributed by atoms with Crippen LogP contribution in [0, 0.1) is 5.92 Å². The molecule has 0 aromatic heterocycles. The Morgan fingerprint density at radius 2 is 1.95 bits per heavy atom. The second-order valence-corrected chi connectivity index (χ2v) is 5.43. The van der Waals surface area contributed by atoms with E-state index >= 15 is 0 Å². The summed E-state index contributed by atoms with van der Waals surface area (Å²) in [6.07, 6.45) is -0.0795. The zero-order valence-electron chi connectivity index (χ0n) is 13.0. The van der Waals surface area contributed by atoms with E-state index in [-0.39, 0.29) is 24.6 Å². The smallest absolute Gasteiger partial charge is 0.315 e. The van der Waals surface area contributed by atoms with Crippen LogP contribution < -0.4 is 10.6 Å². The Kier molecular flexibility index (Phi) is 7.79. The van der Waals surface area contributed by atoms with Crippen molar-refractivity contribution in [2.45, 2.75) is 32.4 Å². The first-order chi connectivity index (χ1) is 10.0. The maximum absolute atomic E-state index is 11.9. The minimum Gasteiger partial charge on any atom is -0.391 e. The molecule has 21 heavy (non-hydrogen) atoms. The number of rotatable bonds is 8. The van der Waals surface area contributed by atoms with Gasteiger partial charge in [0, 0.05) is 13.7 Å². The summed E-state index contributed by atoms with van der Waals surface area (Å²) in [5.74, 6) is 0.289. The number of hydrogen-bond acceptors (Lipinski definition) is 3. The lowest BCUT2D eigenvalue weighted by molar-refractivity contribution is 0.0598. The first-order valence-corrected chi connectivity index (χ1v) is 7.31. The molecule has 5 nitrogen and oxygen atoms in total. The summed E-state index contributed by atoms with van der Waals surface area (Å²) in [6, 6.07) is 9.65. The minimum absolute atomic E-state index is 0.0323. The van der Waals surface area contributed by atoms with E-state index in [2.05, 4.69) is 24.5 Å². The molecule has 0 fully saturated rings. The van der Waals surface area contributed by atoms with E-state index < -0.39 is 6.10 Å². The Morgan fingerprint density at radius 1 is 1.29 bits per heavy atom. The molecule has 0 heterocycles. The number of amides is 2. The van der Waals surface area contributed by atoms with Crippen LogP contribution in [0.3, 0.4) is 0 Å². The fraction of sp³-hybridized carbons (Fsp3) is 0.562. The molecule has 1 rings (SSSR count). The van der Waals surface area contributed by atoms with Crippen LogP contribution in [-0.4, -0.2) is 37.5 Å². The molecule has 0 saturated heterocycles. The molecule has 2 amide bonds. The number of nitrogens with one attached hydrogen (secondary N) is 2. The normalized spacial score (nSPS) is 13.8. The summed E-state index contributed by atoms with van der Waals surface area (Å²) < 4.78 is 4.84. The van der Waals surface area contributed by atoms with Crippen molar-refractivity contribution in [3.8, 4) is 0 Å². The average molecular weight is 294 g/mol. The molecule has 0 aliphatic rings. The van der Waals surface area contributed by atoms with Crippen LogP contribution in [0.15, 0.2) is 30.3 Å². The maximum atomic E-state index is 11.9. The second kappa shape index (κ2) is 9.37. The highest BCUT2D eigenvalue weighted by atomic mass is 16.5. The van der Waals surface area contributed by atoms with Crippen LogP contribution in [0.25, 0.3) is 0 Å². The third kappa shape index (κ3) is 6.60. The molecule has 2 atom stereocenters. The predicted molar refractivity (Wildman–Crippen MR) is 83.1 cm³/mol. The molecule has 0 aliphatic heterocycles. The number of methoxy groups -OCH3 is 1. The molecule has 5 heteroatoms. The molecule has 118 valence electrons. The number of aliphatic hydroxyl groups excluding tert-OH is 1. The van der Waals surface area contributed by atoms with E-state index in [0.717, 1.165) is 5.56 Å². The second-order valence-electron chi connectivity index (χ2n) is 5.43. The zero-order valence-corrected chi connectivity index (χ0v) is 13.0. The molecule has 3 N–H and O–H groups in total. The number of carbonyl (C=O) groups excluding carboxylic acids is 1. The van der Waals surface area contributed by atoms with Gasteiger partial charge in [0.05, 0.1) is 18.8 Å². The quantitative estimate of drug-likeness (QED) is 0.687. The molecule has 1 aromatic carbocycles. The van der Waals surface area contributed by atoms with Crippen LogP contribution in [-0.2, 0) is 4.74 Å². The lowest BCUT2D eigenvalue weighted by atomic mass is 9.96. The molecule has 0 radical (unpaired) electrons. The lowest BCUT2D eigenvalue weighted by Gasteiger charge is -2.23. The van der Waals surface area contributed by atoms with Crippen molar-refractivity contribution in [1.82, 2.24) is 10.6 Å². The number of hydrogen-bond donors (Lipinski definition) is 3. The van der Waals surface area contributed by atoms with Crippen LogP contribution in [0.4, 0.5) is 4.79 Å². The van der Waals surface area contributed by atoms with E-state index in [1.54, 1.807) is 0 Å². The molecule has 0 bridgehead atoms. The number of carbonyl (C=O) groups is 1. The highest BCUT2D eigenvalue weighted by Crippen LogP contribution is 2.20. The Labute approximate surface area is 126 Å². The first kappa shape index (κ1) is 17.5. The van der Waals surface area contributed by atoms with Gasteiger partial charge in [-0.05, 0) is 17.9 Å². The molecular weight excluding hydrogens is 268 g/mol. The van der Waals surface area contributed by atoms with Gasteiger partial charge in [-0.25, -0.2) is 4.79 Å². The Balaban J connectivity index is 2.43. The molecule has 0 spiro atoms. The third-order valence-electron chi connectivity index (χ3n) is 3.23. The van der Waals surface area contributed by atoms with Gasteiger partial charge < -0.3 is 20.5 Å². The number of benzene rings is 1. The SMILES string of the molecule is COCC(O)CCNC(=O)NC(c1ccccc1)C(C)C. The van der Waals surface area contributed by atoms with Crippen molar-refractivity contribution >= 4 is 6.03 Å². The highest BCUT2D eigenvalue weighted by molar-refractivity contribution is 5.74. The van der Waals surface area contributed by atoms with Gasteiger partial charge in [0.1, 0.15) is 0 Å². The fourth-order valence-electron chi connectivity index (χ4n) is 2.12. The van der Waals surface area contributed by atoms with Crippen LogP contribution in [0.2, 0.25) is 0 Å². The summed E-state index contributed by atoms with van der Waals surface area (Å²) in [5.41, 5.74) is 1.09. The predicted octanol–water partition coefficient (Wildman–Crippen LogP) is 2.08. The highest BCUT2D eigenvalue weighted by Gasteiger charge is 2.17. The van der Waals surface area contributed by atoms with Crippen LogP contribution >= 0.6 is 0 Å². The number of aliphatic hydroxyl groups is 1. The lowest BCUT2D eigenvalue weighted by Crippen LogP contribution is -2.40. The minimum atomic E-state index is -0.551. The Morgan fingerprint density at radius 3 is 2.52 bits per heavy atom. The summed E-state index contributed by atoms with van der Waals surface area (Å²) in [7, 11) is 1.54. The standard InChI is InChI=1S/C16H26N2O3/c1-12(2)15(13-7-5-4-6-8-13)18-16(20)17-10-9-14(19)11-21-3/h4-8,12,14-15,19H,9-11H2,1-3H3,(H2,17,18,20). The Hall–Kier alpha value is -1.59. The van der Waals surface area contributed by atoms with E-state index in [1.165, 1.54) is 7.11 Å². The van der Waals surface area contributed by atoms with E-state index in [1.807, 2.05) is 30.3 Å². The molecule has 2 unspecified atom stereocenters. The van der Waals surface area contributed by atoms with Crippen molar-refractivity contribution in [2.24, 2.45) is 5.92 Å². The molecule has 0 aliphatic carbocycles. The van der Waals surface area contributed by atoms with Gasteiger partial charge >= 0.3 is 6.03 Å². The van der Waals surface area contributed by atoms with Crippen LogP contribution in [0.1, 0.15) is 31.9 Å². The average Bonchev–Trinajstić information content (AvgIpc) is 2.45. The van der Waals surface area contributed by atoms with Gasteiger partial charge in [-0.3, -0.25) is 0 Å². The van der Waals surface area contributed by atoms with Gasteiger partial charge in [-0.15, -0.1) is 0 Å². The molecule has 1 aromatic rings. The topological polar surface area (TPSA) is 70.6 Å². The van der Waals surface area contributed by atoms with Crippen molar-refractivity contribution in [3.63, 3.8) is 0 Å². The van der Waals surface area contributed by atoms with E-state index in [4.69, 9.17) is 4.74 Å². The molecular formula is C16H26N2O3.